The molecule has 0 atom stereocenters. The van der Waals surface area contributed by atoms with E-state index < -0.39 is 0 Å². The highest BCUT2D eigenvalue weighted by molar-refractivity contribution is 8.00. The Labute approximate surface area is 167 Å². The van der Waals surface area contributed by atoms with Gasteiger partial charge in [0, 0.05) is 17.8 Å². The van der Waals surface area contributed by atoms with Gasteiger partial charge >= 0.3 is 0 Å². The van der Waals surface area contributed by atoms with E-state index >= 15 is 0 Å². The molecule has 3 rings (SSSR count). The summed E-state index contributed by atoms with van der Waals surface area (Å²) >= 11 is 1.43. The summed E-state index contributed by atoms with van der Waals surface area (Å²) in [4.78, 5) is 27.1. The first-order chi connectivity index (χ1) is 13.1. The lowest BCUT2D eigenvalue weighted by atomic mass is 9.84. The van der Waals surface area contributed by atoms with Crippen molar-refractivity contribution in [2.45, 2.75) is 70.9 Å². The predicted molar refractivity (Wildman–Crippen MR) is 113 cm³/mol. The molecule has 0 spiro atoms. The van der Waals surface area contributed by atoms with E-state index in [-0.39, 0.29) is 11.8 Å². The Hall–Kier alpha value is -1.49. The summed E-state index contributed by atoms with van der Waals surface area (Å²) in [6, 6.07) is 8.66. The third-order valence-electron chi connectivity index (χ3n) is 5.81. The molecule has 1 N–H and O–H groups in total. The molecule has 0 bridgehead atoms. The molecule has 148 valence electrons. The first-order valence-electron chi connectivity index (χ1n) is 10.3. The van der Waals surface area contributed by atoms with Crippen LogP contribution in [-0.4, -0.2) is 40.3 Å². The van der Waals surface area contributed by atoms with Crippen LogP contribution in [0.1, 0.15) is 57.4 Å². The monoisotopic (exact) mass is 388 g/mol. The molecule has 2 aliphatic carbocycles. The van der Waals surface area contributed by atoms with Gasteiger partial charge in [-0.2, -0.15) is 0 Å². The summed E-state index contributed by atoms with van der Waals surface area (Å²) < 4.78 is 0. The van der Waals surface area contributed by atoms with Gasteiger partial charge in [0.1, 0.15) is 0 Å². The van der Waals surface area contributed by atoms with Gasteiger partial charge in [-0.1, -0.05) is 31.0 Å². The second-order valence-corrected chi connectivity index (χ2v) is 9.01. The number of rotatable bonds is 8. The predicted octanol–water partition coefficient (Wildman–Crippen LogP) is 4.63. The zero-order valence-corrected chi connectivity index (χ0v) is 17.4. The van der Waals surface area contributed by atoms with Gasteiger partial charge < -0.3 is 10.2 Å². The molecule has 27 heavy (non-hydrogen) atoms. The van der Waals surface area contributed by atoms with Crippen molar-refractivity contribution in [3.63, 3.8) is 0 Å². The first-order valence-corrected chi connectivity index (χ1v) is 11.5. The smallest absolute Gasteiger partial charge is 0.234 e. The summed E-state index contributed by atoms with van der Waals surface area (Å²) in [7, 11) is 0. The Balaban J connectivity index is 1.43. The van der Waals surface area contributed by atoms with Crippen molar-refractivity contribution < 1.29 is 9.59 Å². The number of amides is 2. The average molecular weight is 389 g/mol. The van der Waals surface area contributed by atoms with E-state index in [9.17, 15) is 9.59 Å². The van der Waals surface area contributed by atoms with Crippen LogP contribution in [-0.2, 0) is 9.59 Å². The fourth-order valence-electron chi connectivity index (χ4n) is 4.03. The zero-order valence-electron chi connectivity index (χ0n) is 16.6. The van der Waals surface area contributed by atoms with E-state index in [4.69, 9.17) is 0 Å². The third kappa shape index (κ3) is 6.00. The molecule has 1 aromatic rings. The van der Waals surface area contributed by atoms with Crippen LogP contribution in [0.4, 0.5) is 5.69 Å². The molecule has 2 amide bonds. The largest absolute Gasteiger partial charge is 0.336 e. The molecule has 2 saturated carbocycles. The zero-order chi connectivity index (χ0) is 19.2. The quantitative estimate of drug-likeness (QED) is 0.706. The molecule has 2 fully saturated rings. The normalized spacial score (nSPS) is 22.3. The molecule has 2 aliphatic rings. The van der Waals surface area contributed by atoms with Gasteiger partial charge in [-0.3, -0.25) is 9.59 Å². The molecule has 5 heteroatoms. The molecule has 0 aliphatic heterocycles. The summed E-state index contributed by atoms with van der Waals surface area (Å²) in [5, 5.41) is 2.90. The van der Waals surface area contributed by atoms with E-state index in [0.29, 0.717) is 23.6 Å². The minimum atomic E-state index is -0.0434. The molecular weight excluding hydrogens is 356 g/mol. The standard InChI is InChI=1S/C22H32N2O2S/c1-3-17-6-10-19(11-7-17)24(20-12-13-20)22(26)15-27-14-21(25)23-18-8-4-16(2)5-9-18/h4-5,8-9,17,19-20H,3,6-7,10-15H2,1-2H3,(H,23,25). The Morgan fingerprint density at radius 3 is 2.15 bits per heavy atom. The van der Waals surface area contributed by atoms with Gasteiger partial charge in [-0.15, -0.1) is 11.8 Å². The number of hydrogen-bond acceptors (Lipinski definition) is 3. The fourth-order valence-corrected chi connectivity index (χ4v) is 4.71. The van der Waals surface area contributed by atoms with Gasteiger partial charge in [-0.05, 0) is 63.5 Å². The lowest BCUT2D eigenvalue weighted by Gasteiger charge is -2.37. The number of carbonyl (C=O) groups is 2. The molecule has 0 saturated heterocycles. The second kappa shape index (κ2) is 9.63. The molecule has 0 aromatic heterocycles. The number of anilines is 1. The van der Waals surface area contributed by atoms with Crippen LogP contribution >= 0.6 is 11.8 Å². The minimum absolute atomic E-state index is 0.0434. The lowest BCUT2D eigenvalue weighted by molar-refractivity contribution is -0.132. The van der Waals surface area contributed by atoms with Crippen molar-refractivity contribution in [3.8, 4) is 0 Å². The SMILES string of the molecule is CCC1CCC(N(C(=O)CSCC(=O)Nc2ccc(C)cc2)C2CC2)CC1. The van der Waals surface area contributed by atoms with Crippen molar-refractivity contribution in [1.82, 2.24) is 4.90 Å². The average Bonchev–Trinajstić information content (AvgIpc) is 3.49. The molecular formula is C22H32N2O2S. The lowest BCUT2D eigenvalue weighted by Crippen LogP contribution is -2.44. The molecule has 0 heterocycles. The van der Waals surface area contributed by atoms with Gasteiger partial charge in [0.25, 0.3) is 0 Å². The maximum absolute atomic E-state index is 12.8. The Kier molecular flexibility index (Phi) is 7.22. The topological polar surface area (TPSA) is 49.4 Å². The number of aryl methyl sites for hydroxylation is 1. The number of hydrogen-bond donors (Lipinski definition) is 1. The number of thioether (sulfide) groups is 1. The number of nitrogens with one attached hydrogen (secondary N) is 1. The summed E-state index contributed by atoms with van der Waals surface area (Å²) in [5.41, 5.74) is 1.98. The van der Waals surface area contributed by atoms with E-state index in [1.54, 1.807) is 0 Å². The maximum Gasteiger partial charge on any atom is 0.234 e. The number of nitrogens with zero attached hydrogens (tertiary/aromatic N) is 1. The van der Waals surface area contributed by atoms with E-state index in [0.717, 1.165) is 37.3 Å². The summed E-state index contributed by atoms with van der Waals surface area (Å²) in [5.74, 6) is 1.76. The van der Waals surface area contributed by atoms with Gasteiger partial charge in [-0.25, -0.2) is 0 Å². The second-order valence-electron chi connectivity index (χ2n) is 8.02. The third-order valence-corrected chi connectivity index (χ3v) is 6.73. The van der Waals surface area contributed by atoms with Crippen LogP contribution in [0.2, 0.25) is 0 Å². The van der Waals surface area contributed by atoms with Crippen molar-refractivity contribution in [1.29, 1.82) is 0 Å². The highest BCUT2D eigenvalue weighted by Gasteiger charge is 2.38. The van der Waals surface area contributed by atoms with Crippen LogP contribution in [0.3, 0.4) is 0 Å². The Morgan fingerprint density at radius 1 is 1.00 bits per heavy atom. The van der Waals surface area contributed by atoms with E-state index in [2.05, 4.69) is 17.1 Å². The highest BCUT2D eigenvalue weighted by Crippen LogP contribution is 2.36. The van der Waals surface area contributed by atoms with Crippen LogP contribution in [0.25, 0.3) is 0 Å². The number of carbonyl (C=O) groups excluding carboxylic acids is 2. The number of benzene rings is 1. The Bertz CT molecular complexity index is 634. The molecule has 4 nitrogen and oxygen atoms in total. The first kappa shape index (κ1) is 20.2. The molecule has 1 aromatic carbocycles. The van der Waals surface area contributed by atoms with Crippen molar-refractivity contribution in [2.75, 3.05) is 16.8 Å². The van der Waals surface area contributed by atoms with Crippen molar-refractivity contribution in [3.05, 3.63) is 29.8 Å². The van der Waals surface area contributed by atoms with Gasteiger partial charge in [0.2, 0.25) is 11.8 Å². The van der Waals surface area contributed by atoms with Crippen LogP contribution in [0.15, 0.2) is 24.3 Å². The van der Waals surface area contributed by atoms with Crippen molar-refractivity contribution in [2.24, 2.45) is 5.92 Å². The van der Waals surface area contributed by atoms with Crippen molar-refractivity contribution >= 4 is 29.3 Å². The maximum atomic E-state index is 12.8. The minimum Gasteiger partial charge on any atom is -0.336 e. The Morgan fingerprint density at radius 2 is 1.59 bits per heavy atom. The van der Waals surface area contributed by atoms with Gasteiger partial charge in [0.15, 0.2) is 0 Å². The fraction of sp³-hybridized carbons (Fsp3) is 0.636. The van der Waals surface area contributed by atoms with Gasteiger partial charge in [0.05, 0.1) is 11.5 Å². The summed E-state index contributed by atoms with van der Waals surface area (Å²) in [6.07, 6.45) is 8.37. The van der Waals surface area contributed by atoms with Crippen LogP contribution < -0.4 is 5.32 Å². The molecule has 0 unspecified atom stereocenters. The van der Waals surface area contributed by atoms with E-state index in [1.807, 2.05) is 31.2 Å². The highest BCUT2D eigenvalue weighted by atomic mass is 32.2. The molecule has 0 radical (unpaired) electrons. The van der Waals surface area contributed by atoms with E-state index in [1.165, 1.54) is 36.6 Å². The summed E-state index contributed by atoms with van der Waals surface area (Å²) in [6.45, 7) is 4.29. The van der Waals surface area contributed by atoms with Crippen LogP contribution in [0.5, 0.6) is 0 Å². The van der Waals surface area contributed by atoms with Crippen LogP contribution in [0, 0.1) is 12.8 Å².